The molecule has 0 unspecified atom stereocenters. The van der Waals surface area contributed by atoms with E-state index in [9.17, 15) is 9.59 Å². The van der Waals surface area contributed by atoms with Crippen molar-refractivity contribution in [2.75, 3.05) is 13.1 Å². The van der Waals surface area contributed by atoms with Crippen LogP contribution in [0.1, 0.15) is 29.6 Å². The van der Waals surface area contributed by atoms with E-state index >= 15 is 0 Å². The summed E-state index contributed by atoms with van der Waals surface area (Å²) < 4.78 is 1.71. The lowest BCUT2D eigenvalue weighted by atomic mass is 10.0. The molecule has 2 aliphatic rings. The number of hydrogen-bond acceptors (Lipinski definition) is 4. The molecule has 2 fully saturated rings. The van der Waals surface area contributed by atoms with E-state index in [4.69, 9.17) is 0 Å². The van der Waals surface area contributed by atoms with Gasteiger partial charge in [0.05, 0.1) is 6.20 Å². The molecular formula is C21H21N5O2. The Morgan fingerprint density at radius 3 is 3.00 bits per heavy atom. The van der Waals surface area contributed by atoms with Gasteiger partial charge >= 0.3 is 0 Å². The molecule has 1 aromatic carbocycles. The van der Waals surface area contributed by atoms with E-state index in [1.165, 1.54) is 0 Å². The molecule has 1 N–H and O–H groups in total. The molecule has 5 rings (SSSR count). The SMILES string of the molecule is O=C(NC[C@H]1CC(=O)N(C2CC2)C1)c1cccc(-c2cnn3cccnc23)c1. The normalized spacial score (nSPS) is 19.4. The highest BCUT2D eigenvalue weighted by Crippen LogP contribution is 2.32. The third-order valence-electron chi connectivity index (χ3n) is 5.49. The summed E-state index contributed by atoms with van der Waals surface area (Å²) in [5.41, 5.74) is 3.13. The van der Waals surface area contributed by atoms with E-state index in [1.807, 2.05) is 35.4 Å². The summed E-state index contributed by atoms with van der Waals surface area (Å²) in [6.07, 6.45) is 8.11. The van der Waals surface area contributed by atoms with Crippen LogP contribution in [0, 0.1) is 5.92 Å². The third kappa shape index (κ3) is 3.13. The van der Waals surface area contributed by atoms with E-state index in [0.29, 0.717) is 24.6 Å². The maximum Gasteiger partial charge on any atom is 0.251 e. The van der Waals surface area contributed by atoms with Gasteiger partial charge in [0, 0.05) is 55.0 Å². The second kappa shape index (κ2) is 6.74. The van der Waals surface area contributed by atoms with Gasteiger partial charge in [0.2, 0.25) is 5.91 Å². The molecule has 7 heteroatoms. The fourth-order valence-electron chi connectivity index (χ4n) is 3.88. The van der Waals surface area contributed by atoms with Crippen LogP contribution in [0.25, 0.3) is 16.8 Å². The number of carbonyl (C=O) groups excluding carboxylic acids is 2. The monoisotopic (exact) mass is 375 g/mol. The summed E-state index contributed by atoms with van der Waals surface area (Å²) >= 11 is 0. The lowest BCUT2D eigenvalue weighted by Crippen LogP contribution is -2.32. The molecule has 1 atom stereocenters. The molecular weight excluding hydrogens is 354 g/mol. The molecule has 0 spiro atoms. The van der Waals surface area contributed by atoms with E-state index in [-0.39, 0.29) is 17.7 Å². The second-order valence-corrected chi connectivity index (χ2v) is 7.58. The number of nitrogens with zero attached hydrogens (tertiary/aromatic N) is 4. The van der Waals surface area contributed by atoms with Gasteiger partial charge < -0.3 is 10.2 Å². The van der Waals surface area contributed by atoms with Crippen LogP contribution in [-0.4, -0.2) is 50.4 Å². The van der Waals surface area contributed by atoms with Crippen molar-refractivity contribution < 1.29 is 9.59 Å². The Morgan fingerprint density at radius 1 is 1.25 bits per heavy atom. The Bertz CT molecular complexity index is 1060. The minimum absolute atomic E-state index is 0.122. The topological polar surface area (TPSA) is 79.6 Å². The molecule has 0 bridgehead atoms. The van der Waals surface area contributed by atoms with E-state index in [1.54, 1.807) is 23.0 Å². The highest BCUT2D eigenvalue weighted by Gasteiger charge is 2.39. The van der Waals surface area contributed by atoms with Crippen molar-refractivity contribution in [2.24, 2.45) is 5.92 Å². The van der Waals surface area contributed by atoms with Gasteiger partial charge in [-0.1, -0.05) is 12.1 Å². The Morgan fingerprint density at radius 2 is 2.14 bits per heavy atom. The zero-order valence-electron chi connectivity index (χ0n) is 15.4. The quantitative estimate of drug-likeness (QED) is 0.741. The first-order chi connectivity index (χ1) is 13.7. The van der Waals surface area contributed by atoms with Gasteiger partial charge in [0.25, 0.3) is 5.91 Å². The first-order valence-corrected chi connectivity index (χ1v) is 9.65. The lowest BCUT2D eigenvalue weighted by Gasteiger charge is -2.15. The first-order valence-electron chi connectivity index (χ1n) is 9.65. The van der Waals surface area contributed by atoms with E-state index in [2.05, 4.69) is 15.4 Å². The molecule has 2 aromatic heterocycles. The predicted molar refractivity (Wildman–Crippen MR) is 104 cm³/mol. The van der Waals surface area contributed by atoms with Gasteiger partial charge in [-0.2, -0.15) is 5.10 Å². The van der Waals surface area contributed by atoms with Crippen molar-refractivity contribution >= 4 is 17.5 Å². The van der Waals surface area contributed by atoms with Gasteiger partial charge in [-0.3, -0.25) is 9.59 Å². The molecule has 1 saturated carbocycles. The fourth-order valence-corrected chi connectivity index (χ4v) is 3.88. The summed E-state index contributed by atoms with van der Waals surface area (Å²) in [5.74, 6) is 0.303. The van der Waals surface area contributed by atoms with Crippen molar-refractivity contribution in [3.8, 4) is 11.1 Å². The Balaban J connectivity index is 1.28. The van der Waals surface area contributed by atoms with Crippen LogP contribution in [0.15, 0.2) is 48.9 Å². The molecule has 1 saturated heterocycles. The van der Waals surface area contributed by atoms with Crippen molar-refractivity contribution in [3.05, 3.63) is 54.5 Å². The van der Waals surface area contributed by atoms with Crippen LogP contribution in [0.4, 0.5) is 0 Å². The zero-order chi connectivity index (χ0) is 19.1. The number of hydrogen-bond donors (Lipinski definition) is 1. The van der Waals surface area contributed by atoms with Crippen molar-refractivity contribution in [2.45, 2.75) is 25.3 Å². The maximum absolute atomic E-state index is 12.6. The molecule has 1 aliphatic carbocycles. The highest BCUT2D eigenvalue weighted by atomic mass is 16.2. The van der Waals surface area contributed by atoms with Gasteiger partial charge in [-0.25, -0.2) is 9.50 Å². The van der Waals surface area contributed by atoms with Gasteiger partial charge in [-0.15, -0.1) is 0 Å². The van der Waals surface area contributed by atoms with Crippen LogP contribution in [0.2, 0.25) is 0 Å². The Labute approximate surface area is 162 Å². The number of amides is 2. The molecule has 142 valence electrons. The van der Waals surface area contributed by atoms with E-state index in [0.717, 1.165) is 36.2 Å². The summed E-state index contributed by atoms with van der Waals surface area (Å²) in [6.45, 7) is 1.29. The molecule has 28 heavy (non-hydrogen) atoms. The number of nitrogens with one attached hydrogen (secondary N) is 1. The van der Waals surface area contributed by atoms with Crippen LogP contribution in [-0.2, 0) is 4.79 Å². The zero-order valence-corrected chi connectivity index (χ0v) is 15.4. The van der Waals surface area contributed by atoms with Gasteiger partial charge in [0.15, 0.2) is 5.65 Å². The summed E-state index contributed by atoms with van der Waals surface area (Å²) in [6, 6.07) is 9.75. The first kappa shape index (κ1) is 16.9. The highest BCUT2D eigenvalue weighted by molar-refractivity contribution is 5.96. The summed E-state index contributed by atoms with van der Waals surface area (Å²) in [5, 5.41) is 7.31. The number of likely N-dealkylation sites (tertiary alicyclic amines) is 1. The summed E-state index contributed by atoms with van der Waals surface area (Å²) in [4.78, 5) is 31.1. The molecule has 7 nitrogen and oxygen atoms in total. The fraction of sp³-hybridized carbons (Fsp3) is 0.333. The predicted octanol–water partition coefficient (Wildman–Crippen LogP) is 2.14. The molecule has 2 amide bonds. The Hall–Kier alpha value is -3.22. The molecule has 3 heterocycles. The van der Waals surface area contributed by atoms with Crippen LogP contribution < -0.4 is 5.32 Å². The van der Waals surface area contributed by atoms with Crippen LogP contribution >= 0.6 is 0 Å². The summed E-state index contributed by atoms with van der Waals surface area (Å²) in [7, 11) is 0. The number of aromatic nitrogens is 3. The van der Waals surface area contributed by atoms with Crippen LogP contribution in [0.3, 0.4) is 0 Å². The largest absolute Gasteiger partial charge is 0.352 e. The smallest absolute Gasteiger partial charge is 0.251 e. The lowest BCUT2D eigenvalue weighted by molar-refractivity contribution is -0.128. The minimum Gasteiger partial charge on any atom is -0.352 e. The molecule has 1 aliphatic heterocycles. The number of benzene rings is 1. The van der Waals surface area contributed by atoms with E-state index < -0.39 is 0 Å². The maximum atomic E-state index is 12.6. The average Bonchev–Trinajstić information content (AvgIpc) is 3.36. The molecule has 3 aromatic rings. The van der Waals surface area contributed by atoms with Gasteiger partial charge in [0.1, 0.15) is 0 Å². The third-order valence-corrected chi connectivity index (χ3v) is 5.49. The van der Waals surface area contributed by atoms with Crippen molar-refractivity contribution in [3.63, 3.8) is 0 Å². The standard InChI is InChI=1S/C21H21N5O2/c27-19-9-14(13-25(19)17-5-6-17)11-23-21(28)16-4-1-3-15(10-16)18-12-24-26-8-2-7-22-20(18)26/h1-4,7-8,10,12,14,17H,5-6,9,11,13H2,(H,23,28)/t14-/m1/s1. The van der Waals surface area contributed by atoms with Crippen molar-refractivity contribution in [1.29, 1.82) is 0 Å². The molecule has 0 radical (unpaired) electrons. The average molecular weight is 375 g/mol. The van der Waals surface area contributed by atoms with Crippen LogP contribution in [0.5, 0.6) is 0 Å². The number of rotatable bonds is 5. The number of fused-ring (bicyclic) bond motifs is 1. The second-order valence-electron chi connectivity index (χ2n) is 7.58. The van der Waals surface area contributed by atoms with Gasteiger partial charge in [-0.05, 0) is 36.6 Å². The van der Waals surface area contributed by atoms with Crippen molar-refractivity contribution in [1.82, 2.24) is 24.8 Å². The Kier molecular flexibility index (Phi) is 4.07. The minimum atomic E-state index is -0.122. The number of carbonyl (C=O) groups is 2.